The number of aliphatic carboxylic acids is 2. The molecule has 2 rings (SSSR count). The molecular weight excluding hydrogens is 626 g/mol. The maximum absolute atomic E-state index is 14.0. The number of piperidine rings is 1. The maximum Gasteiger partial charge on any atom is 0.326 e. The maximum atomic E-state index is 14.0. The topological polar surface area (TPSA) is 211 Å². The van der Waals surface area contributed by atoms with Gasteiger partial charge in [0.05, 0.1) is 6.04 Å². The van der Waals surface area contributed by atoms with Gasteiger partial charge in [0.1, 0.15) is 18.1 Å². The van der Waals surface area contributed by atoms with Gasteiger partial charge in [0.15, 0.2) is 0 Å². The summed E-state index contributed by atoms with van der Waals surface area (Å²) in [5.74, 6) is -5.84. The van der Waals surface area contributed by atoms with Gasteiger partial charge in [-0.3, -0.25) is 38.5 Å². The summed E-state index contributed by atoms with van der Waals surface area (Å²) in [6, 6.07) is -3.95. The van der Waals surface area contributed by atoms with Crippen LogP contribution in [0.4, 0.5) is 0 Å². The monoisotopic (exact) mass is 675 g/mol. The Morgan fingerprint density at radius 1 is 1.00 bits per heavy atom. The zero-order chi connectivity index (χ0) is 36.5. The molecule has 2 aliphatic heterocycles. The fourth-order valence-corrected chi connectivity index (χ4v) is 5.62. The Labute approximate surface area is 280 Å². The molecular formula is C33H49N5O10. The van der Waals surface area contributed by atoms with E-state index in [1.54, 1.807) is 27.8 Å². The first-order valence-electron chi connectivity index (χ1n) is 16.1. The smallest absolute Gasteiger partial charge is 0.326 e. The number of likely N-dealkylation sites (tertiary alicyclic amines) is 1. The van der Waals surface area contributed by atoms with Gasteiger partial charge in [0, 0.05) is 50.7 Å². The van der Waals surface area contributed by atoms with E-state index >= 15 is 0 Å². The quantitative estimate of drug-likeness (QED) is 0.143. The molecule has 15 nitrogen and oxygen atoms in total. The van der Waals surface area contributed by atoms with E-state index in [1.807, 2.05) is 13.8 Å². The second-order valence-corrected chi connectivity index (χ2v) is 13.6. The Bertz CT molecular complexity index is 1330. The first kappa shape index (κ1) is 39.6. The van der Waals surface area contributed by atoms with Crippen LogP contribution in [0, 0.1) is 11.3 Å². The standard InChI is InChI=1S/C33H49N5O10/c1-19(2)23(18-20(3)29(44)34-21(32(47)48)11-14-27(42)43)36(7)31(46)28(33(4,5)6)35-30(45)22-10-8-9-16-37(22)26(41)15-17-38-24(39)12-13-25(38)40/h12-13,18-19,21-23,28H,8-11,14-17H2,1-7H3,(H,34,44)(H,35,45)(H,42,43)(H,47,48)/b20-18+/t21-,22-,23-,28-/m1/s1. The number of carboxylic acid groups (broad SMARTS) is 2. The summed E-state index contributed by atoms with van der Waals surface area (Å²) in [6.07, 6.45) is 4.64. The molecule has 0 unspecified atom stereocenters. The highest BCUT2D eigenvalue weighted by molar-refractivity contribution is 6.13. The van der Waals surface area contributed by atoms with Gasteiger partial charge in [-0.15, -0.1) is 0 Å². The molecule has 1 saturated heterocycles. The molecule has 15 heteroatoms. The van der Waals surface area contributed by atoms with Crippen LogP contribution in [0.5, 0.6) is 0 Å². The number of hydrogen-bond acceptors (Lipinski definition) is 8. The Morgan fingerprint density at radius 2 is 1.60 bits per heavy atom. The van der Waals surface area contributed by atoms with Crippen molar-refractivity contribution in [1.82, 2.24) is 25.3 Å². The van der Waals surface area contributed by atoms with Crippen molar-refractivity contribution < 1.29 is 48.6 Å². The van der Waals surface area contributed by atoms with Crippen molar-refractivity contribution >= 4 is 47.4 Å². The zero-order valence-electron chi connectivity index (χ0n) is 28.8. The molecule has 4 N–H and O–H groups in total. The molecule has 0 bridgehead atoms. The summed E-state index contributed by atoms with van der Waals surface area (Å²) >= 11 is 0. The molecule has 266 valence electrons. The third-order valence-electron chi connectivity index (χ3n) is 8.48. The normalized spacial score (nSPS) is 18.8. The summed E-state index contributed by atoms with van der Waals surface area (Å²) < 4.78 is 0. The third-order valence-corrected chi connectivity index (χ3v) is 8.48. The van der Waals surface area contributed by atoms with Gasteiger partial charge in [-0.1, -0.05) is 40.7 Å². The van der Waals surface area contributed by atoms with Crippen LogP contribution in [-0.4, -0.2) is 117 Å². The van der Waals surface area contributed by atoms with Crippen LogP contribution in [-0.2, 0) is 38.4 Å². The Kier molecular flexibility index (Phi) is 14.0. The molecule has 0 aliphatic carbocycles. The van der Waals surface area contributed by atoms with Crippen LogP contribution in [0.3, 0.4) is 0 Å². The van der Waals surface area contributed by atoms with Crippen molar-refractivity contribution in [3.63, 3.8) is 0 Å². The predicted octanol–water partition coefficient (Wildman–Crippen LogP) is 1.08. The van der Waals surface area contributed by atoms with E-state index in [-0.39, 0.29) is 36.8 Å². The largest absolute Gasteiger partial charge is 0.481 e. The van der Waals surface area contributed by atoms with Crippen molar-refractivity contribution in [3.05, 3.63) is 23.8 Å². The molecule has 0 aromatic rings. The van der Waals surface area contributed by atoms with Crippen LogP contribution < -0.4 is 10.6 Å². The summed E-state index contributed by atoms with van der Waals surface area (Å²) in [5.41, 5.74) is -0.652. The van der Waals surface area contributed by atoms with E-state index < -0.39 is 77.5 Å². The number of hydrogen-bond donors (Lipinski definition) is 4. The molecule has 0 spiro atoms. The van der Waals surface area contributed by atoms with Crippen molar-refractivity contribution in [2.24, 2.45) is 11.3 Å². The lowest BCUT2D eigenvalue weighted by atomic mass is 9.84. The summed E-state index contributed by atoms with van der Waals surface area (Å²) in [4.78, 5) is 104. The first-order chi connectivity index (χ1) is 22.3. The molecule has 4 atom stereocenters. The Morgan fingerprint density at radius 3 is 2.12 bits per heavy atom. The molecule has 0 radical (unpaired) electrons. The molecule has 0 aromatic heterocycles. The number of carbonyl (C=O) groups excluding carboxylic acids is 6. The van der Waals surface area contributed by atoms with E-state index in [2.05, 4.69) is 10.6 Å². The van der Waals surface area contributed by atoms with E-state index in [0.29, 0.717) is 25.8 Å². The highest BCUT2D eigenvalue weighted by atomic mass is 16.4. The minimum Gasteiger partial charge on any atom is -0.481 e. The minimum atomic E-state index is -1.41. The number of carbonyl (C=O) groups is 8. The van der Waals surface area contributed by atoms with Gasteiger partial charge in [-0.05, 0) is 43.9 Å². The van der Waals surface area contributed by atoms with E-state index in [9.17, 15) is 43.5 Å². The fourth-order valence-electron chi connectivity index (χ4n) is 5.62. The highest BCUT2D eigenvalue weighted by Gasteiger charge is 2.40. The van der Waals surface area contributed by atoms with Gasteiger partial charge in [0.25, 0.3) is 11.8 Å². The van der Waals surface area contributed by atoms with Crippen molar-refractivity contribution in [2.75, 3.05) is 20.1 Å². The van der Waals surface area contributed by atoms with E-state index in [0.717, 1.165) is 17.1 Å². The van der Waals surface area contributed by atoms with Crippen LogP contribution >= 0.6 is 0 Å². The van der Waals surface area contributed by atoms with Gasteiger partial charge in [0.2, 0.25) is 23.6 Å². The Balaban J connectivity index is 2.22. The third kappa shape index (κ3) is 10.7. The zero-order valence-corrected chi connectivity index (χ0v) is 28.8. The molecule has 48 heavy (non-hydrogen) atoms. The van der Waals surface area contributed by atoms with Gasteiger partial charge in [-0.2, -0.15) is 0 Å². The van der Waals surface area contributed by atoms with Gasteiger partial charge in [-0.25, -0.2) is 4.79 Å². The number of nitrogens with zero attached hydrogens (tertiary/aromatic N) is 3. The van der Waals surface area contributed by atoms with Crippen LogP contribution in [0.2, 0.25) is 0 Å². The predicted molar refractivity (Wildman–Crippen MR) is 173 cm³/mol. The number of imide groups is 1. The summed E-state index contributed by atoms with van der Waals surface area (Å²) in [6.45, 7) is 10.7. The number of nitrogens with one attached hydrogen (secondary N) is 2. The van der Waals surface area contributed by atoms with Crippen LogP contribution in [0.1, 0.15) is 80.1 Å². The van der Waals surface area contributed by atoms with Crippen molar-refractivity contribution in [1.29, 1.82) is 0 Å². The molecule has 2 aliphatic rings. The average Bonchev–Trinajstić information content (AvgIpc) is 3.33. The molecule has 2 heterocycles. The van der Waals surface area contributed by atoms with Gasteiger partial charge < -0.3 is 30.6 Å². The average molecular weight is 676 g/mol. The Hall–Kier alpha value is -4.56. The van der Waals surface area contributed by atoms with Crippen LogP contribution in [0.15, 0.2) is 23.8 Å². The molecule has 0 aromatic carbocycles. The van der Waals surface area contributed by atoms with Gasteiger partial charge >= 0.3 is 11.9 Å². The molecule has 1 fully saturated rings. The second kappa shape index (κ2) is 17.0. The number of carboxylic acids is 2. The lowest BCUT2D eigenvalue weighted by Gasteiger charge is -2.40. The van der Waals surface area contributed by atoms with E-state index in [1.165, 1.54) is 22.8 Å². The SMILES string of the molecule is C/C(=C\[C@H](C(C)C)N(C)C(=O)[C@@H](NC(=O)[C@H]1CCCCN1C(=O)CCN1C(=O)C=CC1=O)C(C)(C)C)C(=O)N[C@H](CCC(=O)O)C(=O)O. The van der Waals surface area contributed by atoms with Crippen molar-refractivity contribution in [3.8, 4) is 0 Å². The van der Waals surface area contributed by atoms with Crippen molar-refractivity contribution in [2.45, 2.75) is 104 Å². The highest BCUT2D eigenvalue weighted by Crippen LogP contribution is 2.26. The number of rotatable bonds is 15. The second-order valence-electron chi connectivity index (χ2n) is 13.6. The summed E-state index contributed by atoms with van der Waals surface area (Å²) in [5, 5.41) is 23.5. The van der Waals surface area contributed by atoms with E-state index in [4.69, 9.17) is 5.11 Å². The summed E-state index contributed by atoms with van der Waals surface area (Å²) in [7, 11) is 1.54. The molecule has 0 saturated carbocycles. The number of amides is 6. The lowest BCUT2D eigenvalue weighted by molar-refractivity contribution is -0.146. The fraction of sp³-hybridized carbons (Fsp3) is 0.636. The van der Waals surface area contributed by atoms with Crippen LogP contribution in [0.25, 0.3) is 0 Å². The molecule has 6 amide bonds. The minimum absolute atomic E-state index is 0.108. The number of likely N-dealkylation sites (N-methyl/N-ethyl adjacent to an activating group) is 1. The first-order valence-corrected chi connectivity index (χ1v) is 16.1. The lowest BCUT2D eigenvalue weighted by Crippen LogP contribution is -2.60.